The zero-order valence-electron chi connectivity index (χ0n) is 5.08. The van der Waals surface area contributed by atoms with Gasteiger partial charge in [0.15, 0.2) is 0 Å². The summed E-state index contributed by atoms with van der Waals surface area (Å²) in [5.74, 6) is -4.55. The van der Waals surface area contributed by atoms with E-state index in [2.05, 4.69) is 0 Å². The van der Waals surface area contributed by atoms with Crippen molar-refractivity contribution in [1.29, 1.82) is 0 Å². The first-order valence-electron chi connectivity index (χ1n) is 2.37. The minimum Gasteiger partial charge on any atom is -0.480 e. The summed E-state index contributed by atoms with van der Waals surface area (Å²) >= 11 is 0. The number of carboxylic acids is 1. The maximum atomic E-state index is 11.5. The van der Waals surface area contributed by atoms with Crippen molar-refractivity contribution in [3.63, 3.8) is 0 Å². The van der Waals surface area contributed by atoms with E-state index in [0.29, 0.717) is 0 Å². The summed E-state index contributed by atoms with van der Waals surface area (Å²) in [7, 11) is -2.58. The zero-order chi connectivity index (χ0) is 8.31. The molecule has 0 aromatic carbocycles. The van der Waals surface area contributed by atoms with Gasteiger partial charge in [-0.1, -0.05) is 0 Å². The van der Waals surface area contributed by atoms with Gasteiger partial charge < -0.3 is 5.11 Å². The highest BCUT2D eigenvalue weighted by atomic mass is 32.2. The number of rotatable bonds is 3. The summed E-state index contributed by atoms with van der Waals surface area (Å²) in [5.41, 5.74) is 0. The van der Waals surface area contributed by atoms with Crippen LogP contribution in [0.15, 0.2) is 0 Å². The van der Waals surface area contributed by atoms with E-state index in [1.165, 1.54) is 0 Å². The fraction of sp³-hybridized carbons (Fsp3) is 0.750. The van der Waals surface area contributed by atoms with Crippen LogP contribution in [-0.4, -0.2) is 26.3 Å². The average Bonchev–Trinajstić information content (AvgIpc) is 1.84. The molecule has 0 heterocycles. The maximum Gasteiger partial charge on any atom is 0.319 e. The molecule has 0 rings (SSSR count). The molecule has 1 N–H and O–H groups in total. The number of aliphatic carboxylic acids is 1. The lowest BCUT2D eigenvalue weighted by Gasteiger charge is -2.03. The first kappa shape index (κ1) is 9.48. The second kappa shape index (κ2) is 3.60. The van der Waals surface area contributed by atoms with Gasteiger partial charge >= 0.3 is 11.7 Å². The Morgan fingerprint density at radius 2 is 2.00 bits per heavy atom. The van der Waals surface area contributed by atoms with Crippen LogP contribution >= 0.6 is 0 Å². The number of hydrogen-bond acceptors (Lipinski definition) is 2. The number of halogens is 2. The Labute approximate surface area is 58.5 Å². The summed E-state index contributed by atoms with van der Waals surface area (Å²) in [6, 6.07) is 0. The fourth-order valence-electron chi connectivity index (χ4n) is 0.254. The molecule has 2 atom stereocenters. The van der Waals surface area contributed by atoms with Crippen LogP contribution in [0, 0.1) is 0 Å². The van der Waals surface area contributed by atoms with Crippen molar-refractivity contribution < 1.29 is 22.9 Å². The highest BCUT2D eigenvalue weighted by molar-refractivity contribution is 7.86. The highest BCUT2D eigenvalue weighted by Crippen LogP contribution is 2.06. The van der Waals surface area contributed by atoms with E-state index < -0.39 is 27.8 Å². The van der Waals surface area contributed by atoms with E-state index >= 15 is 0 Å². The molecule has 0 aromatic heterocycles. The lowest BCUT2D eigenvalue weighted by Crippen LogP contribution is -2.25. The maximum absolute atomic E-state index is 11.5. The molecule has 60 valence electrons. The van der Waals surface area contributed by atoms with E-state index in [1.807, 2.05) is 0 Å². The molecule has 0 amide bonds. The Hall–Kier alpha value is -0.520. The van der Waals surface area contributed by atoms with Gasteiger partial charge in [-0.2, -0.15) is 8.78 Å². The van der Waals surface area contributed by atoms with E-state index in [0.717, 1.165) is 6.92 Å². The number of hydrogen-bond donors (Lipinski definition) is 1. The first-order valence-corrected chi connectivity index (χ1v) is 3.64. The van der Waals surface area contributed by atoms with Crippen molar-refractivity contribution in [3.05, 3.63) is 0 Å². The van der Waals surface area contributed by atoms with Crippen LogP contribution in [0.2, 0.25) is 0 Å². The molecule has 0 aliphatic heterocycles. The molecule has 0 fully saturated rings. The van der Waals surface area contributed by atoms with Crippen molar-refractivity contribution in [2.75, 3.05) is 0 Å². The van der Waals surface area contributed by atoms with Crippen molar-refractivity contribution >= 4 is 16.8 Å². The molecule has 10 heavy (non-hydrogen) atoms. The highest BCUT2D eigenvalue weighted by Gasteiger charge is 2.26. The summed E-state index contributed by atoms with van der Waals surface area (Å²) < 4.78 is 33.2. The van der Waals surface area contributed by atoms with Crippen LogP contribution in [0.4, 0.5) is 8.78 Å². The van der Waals surface area contributed by atoms with Gasteiger partial charge in [-0.15, -0.1) is 0 Å². The van der Waals surface area contributed by atoms with E-state index in [9.17, 15) is 17.8 Å². The quantitative estimate of drug-likeness (QED) is 0.671. The van der Waals surface area contributed by atoms with Gasteiger partial charge in [-0.25, -0.2) is 0 Å². The summed E-state index contributed by atoms with van der Waals surface area (Å²) in [6.45, 7) is 0.977. The third kappa shape index (κ3) is 2.38. The molecule has 0 saturated heterocycles. The third-order valence-corrected chi connectivity index (χ3v) is 2.12. The van der Waals surface area contributed by atoms with Crippen LogP contribution in [0.25, 0.3) is 0 Å². The van der Waals surface area contributed by atoms with Crippen molar-refractivity contribution in [2.24, 2.45) is 0 Å². The van der Waals surface area contributed by atoms with Crippen LogP contribution < -0.4 is 0 Å². The second-order valence-electron chi connectivity index (χ2n) is 1.57. The molecular formula is C4H6F2O3S. The molecule has 0 radical (unpaired) electrons. The van der Waals surface area contributed by atoms with Gasteiger partial charge in [0.25, 0.3) is 0 Å². The molecule has 0 bridgehead atoms. The Morgan fingerprint density at radius 3 is 2.10 bits per heavy atom. The van der Waals surface area contributed by atoms with Crippen LogP contribution in [0.1, 0.15) is 6.92 Å². The summed E-state index contributed by atoms with van der Waals surface area (Å²) in [6.07, 6.45) is 0. The summed E-state index contributed by atoms with van der Waals surface area (Å²) in [5, 5.41) is 6.57. The molecular weight excluding hydrogens is 166 g/mol. The van der Waals surface area contributed by atoms with Crippen LogP contribution in [0.5, 0.6) is 0 Å². The van der Waals surface area contributed by atoms with Gasteiger partial charge in [-0.05, 0) is 6.92 Å². The first-order chi connectivity index (χ1) is 4.46. The number of carbonyl (C=O) groups is 1. The largest absolute Gasteiger partial charge is 0.480 e. The Morgan fingerprint density at radius 1 is 1.60 bits per heavy atom. The molecule has 6 heteroatoms. The molecule has 0 saturated carbocycles. The van der Waals surface area contributed by atoms with E-state index in [-0.39, 0.29) is 0 Å². The van der Waals surface area contributed by atoms with Gasteiger partial charge in [0.1, 0.15) is 16.0 Å². The van der Waals surface area contributed by atoms with Gasteiger partial charge in [0.05, 0.1) is 0 Å². The SMILES string of the molecule is CC(C(=O)O)S(=O)C(F)F. The normalized spacial score (nSPS) is 16.8. The molecule has 0 aliphatic carbocycles. The van der Waals surface area contributed by atoms with Crippen molar-refractivity contribution in [3.8, 4) is 0 Å². The molecule has 2 unspecified atom stereocenters. The standard InChI is InChI=1S/C4H6F2O3S/c1-2(3(7)8)10(9)4(5)6/h2,4H,1H3,(H,7,8). The van der Waals surface area contributed by atoms with Crippen molar-refractivity contribution in [1.82, 2.24) is 0 Å². The molecule has 0 aliphatic rings. The third-order valence-electron chi connectivity index (χ3n) is 0.872. The predicted molar refractivity (Wildman–Crippen MR) is 31.2 cm³/mol. The predicted octanol–water partition coefficient (Wildman–Crippen LogP) is 0.431. The van der Waals surface area contributed by atoms with Gasteiger partial charge in [0.2, 0.25) is 0 Å². The van der Waals surface area contributed by atoms with Crippen LogP contribution in [-0.2, 0) is 15.6 Å². The number of carboxylic acid groups (broad SMARTS) is 1. The molecule has 0 spiro atoms. The average molecular weight is 172 g/mol. The smallest absolute Gasteiger partial charge is 0.319 e. The lowest BCUT2D eigenvalue weighted by atomic mass is 10.5. The van der Waals surface area contributed by atoms with E-state index in [4.69, 9.17) is 5.11 Å². The van der Waals surface area contributed by atoms with Crippen molar-refractivity contribution in [2.45, 2.75) is 17.9 Å². The minimum absolute atomic E-state index is 0.977. The minimum atomic E-state index is -3.08. The zero-order valence-corrected chi connectivity index (χ0v) is 5.90. The molecule has 0 aromatic rings. The number of alkyl halides is 2. The second-order valence-corrected chi connectivity index (χ2v) is 3.29. The lowest BCUT2D eigenvalue weighted by molar-refractivity contribution is -0.136. The fourth-order valence-corrected chi connectivity index (χ4v) is 0.761. The Kier molecular flexibility index (Phi) is 3.41. The topological polar surface area (TPSA) is 54.4 Å². The summed E-state index contributed by atoms with van der Waals surface area (Å²) in [4.78, 5) is 9.92. The van der Waals surface area contributed by atoms with Gasteiger partial charge in [-0.3, -0.25) is 9.00 Å². The van der Waals surface area contributed by atoms with Gasteiger partial charge in [0, 0.05) is 0 Å². The Balaban J connectivity index is 4.08. The van der Waals surface area contributed by atoms with Crippen LogP contribution in [0.3, 0.4) is 0 Å². The monoisotopic (exact) mass is 172 g/mol. The molecule has 3 nitrogen and oxygen atoms in total. The van der Waals surface area contributed by atoms with E-state index in [1.54, 1.807) is 0 Å². The Bertz CT molecular complexity index is 159.